The van der Waals surface area contributed by atoms with Crippen LogP contribution in [0.3, 0.4) is 0 Å². The quantitative estimate of drug-likeness (QED) is 0.129. The minimum absolute atomic E-state index is 0.0225. The van der Waals surface area contributed by atoms with E-state index in [0.717, 1.165) is 0 Å². The summed E-state index contributed by atoms with van der Waals surface area (Å²) in [5.41, 5.74) is 0. The second-order valence-corrected chi connectivity index (χ2v) is 6.44. The van der Waals surface area contributed by atoms with Gasteiger partial charge >= 0.3 is 15.6 Å². The molecule has 0 spiro atoms. The lowest BCUT2D eigenvalue weighted by Crippen LogP contribution is -2.40. The van der Waals surface area contributed by atoms with Gasteiger partial charge in [-0.05, 0) is 0 Å². The van der Waals surface area contributed by atoms with Crippen LogP contribution in [-0.2, 0) is 27.8 Å². The fourth-order valence-corrected chi connectivity index (χ4v) is 1.49. The Balaban J connectivity index is 0. The highest BCUT2D eigenvalue weighted by Crippen LogP contribution is 2.36. The molecule has 0 fully saturated rings. The van der Waals surface area contributed by atoms with Crippen LogP contribution in [0.15, 0.2) is 0 Å². The highest BCUT2D eigenvalue weighted by molar-refractivity contribution is 7.46. The van der Waals surface area contributed by atoms with E-state index < -0.39 is 53.3 Å². The molecule has 0 aliphatic carbocycles. The first kappa shape index (κ1) is 25.6. The first-order chi connectivity index (χ1) is 10.7. The van der Waals surface area contributed by atoms with Gasteiger partial charge in [-0.1, -0.05) is 0 Å². The number of rotatable bonds is 10. The van der Waals surface area contributed by atoms with Crippen molar-refractivity contribution in [3.8, 4) is 0 Å². The van der Waals surface area contributed by atoms with E-state index in [1.165, 1.54) is 0 Å². The van der Waals surface area contributed by atoms with E-state index in [-0.39, 0.29) is 12.6 Å². The standard InChI is InChI=1S/C5H11O8P.C3H7O6P/c6-1-3(7)5(9)4(8)2-13-14(10,11)12;4-1-3(5)2-9-10(6,7)8/h1,3-5,7-9H,2H2,(H2,10,11,12);1,3,5H,2H2,(H2,6,7,8)/t3-,4+,5+;/m0./s1. The van der Waals surface area contributed by atoms with Crippen LogP contribution in [-0.4, -0.2) is 90.2 Å². The van der Waals surface area contributed by atoms with E-state index >= 15 is 0 Å². The van der Waals surface area contributed by atoms with Gasteiger partial charge in [0.25, 0.3) is 0 Å². The van der Waals surface area contributed by atoms with Crippen LogP contribution in [0.5, 0.6) is 0 Å². The molecule has 8 N–H and O–H groups in total. The molecule has 14 nitrogen and oxygen atoms in total. The highest BCUT2D eigenvalue weighted by atomic mass is 31.2. The molecule has 24 heavy (non-hydrogen) atoms. The number of aliphatic hydroxyl groups excluding tert-OH is 4. The van der Waals surface area contributed by atoms with Crippen LogP contribution in [0, 0.1) is 0 Å². The molecule has 0 radical (unpaired) electrons. The Morgan fingerprint density at radius 3 is 1.54 bits per heavy atom. The second-order valence-electron chi connectivity index (χ2n) is 3.96. The minimum Gasteiger partial charge on any atom is -0.388 e. The Bertz CT molecular complexity index is 456. The van der Waals surface area contributed by atoms with Gasteiger partial charge in [0.05, 0.1) is 13.2 Å². The van der Waals surface area contributed by atoms with Gasteiger partial charge in [-0.3, -0.25) is 9.05 Å². The molecule has 16 heteroatoms. The van der Waals surface area contributed by atoms with Crippen LogP contribution in [0.2, 0.25) is 0 Å². The molecule has 4 atom stereocenters. The van der Waals surface area contributed by atoms with Gasteiger partial charge in [0, 0.05) is 0 Å². The third-order valence-electron chi connectivity index (χ3n) is 1.87. The summed E-state index contributed by atoms with van der Waals surface area (Å²) in [6.07, 6.45) is -6.82. The normalized spacial score (nSPS) is 17.0. The molecule has 0 aromatic carbocycles. The Morgan fingerprint density at radius 1 is 0.792 bits per heavy atom. The molecule has 0 heterocycles. The van der Waals surface area contributed by atoms with Gasteiger partial charge in [0.15, 0.2) is 12.6 Å². The molecule has 0 aliphatic heterocycles. The van der Waals surface area contributed by atoms with Crippen molar-refractivity contribution in [2.24, 2.45) is 0 Å². The molecule has 144 valence electrons. The third-order valence-corrected chi connectivity index (χ3v) is 2.84. The van der Waals surface area contributed by atoms with Crippen LogP contribution in [0.4, 0.5) is 0 Å². The molecule has 0 amide bonds. The zero-order valence-corrected chi connectivity index (χ0v) is 13.6. The first-order valence-electron chi connectivity index (χ1n) is 5.76. The summed E-state index contributed by atoms with van der Waals surface area (Å²) in [4.78, 5) is 52.0. The average molecular weight is 400 g/mol. The van der Waals surface area contributed by atoms with Crippen molar-refractivity contribution < 1.29 is 67.8 Å². The second kappa shape index (κ2) is 11.9. The average Bonchev–Trinajstić information content (AvgIpc) is 2.47. The maximum Gasteiger partial charge on any atom is 0.469 e. The Hall–Kier alpha value is -0.600. The van der Waals surface area contributed by atoms with Gasteiger partial charge in [-0.2, -0.15) is 0 Å². The predicted octanol–water partition coefficient (Wildman–Crippen LogP) is -3.97. The van der Waals surface area contributed by atoms with Crippen LogP contribution in [0.1, 0.15) is 0 Å². The van der Waals surface area contributed by atoms with Gasteiger partial charge < -0.3 is 49.6 Å². The van der Waals surface area contributed by atoms with Gasteiger partial charge in [-0.25, -0.2) is 9.13 Å². The topological polar surface area (TPSA) is 249 Å². The van der Waals surface area contributed by atoms with Crippen LogP contribution < -0.4 is 0 Å². The highest BCUT2D eigenvalue weighted by Gasteiger charge is 2.27. The Morgan fingerprint density at radius 2 is 1.21 bits per heavy atom. The summed E-state index contributed by atoms with van der Waals surface area (Å²) in [5.74, 6) is 0. The number of carbonyl (C=O) groups is 2. The smallest absolute Gasteiger partial charge is 0.388 e. The van der Waals surface area contributed by atoms with Crippen molar-refractivity contribution in [1.29, 1.82) is 0 Å². The zero-order valence-electron chi connectivity index (χ0n) is 11.8. The number of aliphatic hydroxyl groups is 4. The summed E-state index contributed by atoms with van der Waals surface area (Å²) >= 11 is 0. The first-order valence-corrected chi connectivity index (χ1v) is 8.82. The molecule has 0 aromatic rings. The van der Waals surface area contributed by atoms with Crippen LogP contribution >= 0.6 is 15.6 Å². The molecule has 0 saturated carbocycles. The maximum absolute atomic E-state index is 10.1. The van der Waals surface area contributed by atoms with Crippen molar-refractivity contribution in [3.63, 3.8) is 0 Å². The lowest BCUT2D eigenvalue weighted by Gasteiger charge is -2.19. The molecule has 0 saturated heterocycles. The number of aldehydes is 2. The van der Waals surface area contributed by atoms with E-state index in [1.54, 1.807) is 0 Å². The number of phosphoric acid groups is 2. The van der Waals surface area contributed by atoms with E-state index in [9.17, 15) is 18.7 Å². The fraction of sp³-hybridized carbons (Fsp3) is 0.750. The lowest BCUT2D eigenvalue weighted by molar-refractivity contribution is -0.127. The van der Waals surface area contributed by atoms with Crippen LogP contribution in [0.25, 0.3) is 0 Å². The number of phosphoric ester groups is 2. The summed E-state index contributed by atoms with van der Waals surface area (Å²) in [7, 11) is -9.29. The molecule has 0 aliphatic rings. The van der Waals surface area contributed by atoms with Crippen molar-refractivity contribution in [1.82, 2.24) is 0 Å². The third kappa shape index (κ3) is 16.3. The number of hydrogen-bond donors (Lipinski definition) is 8. The fourth-order valence-electron chi connectivity index (χ4n) is 0.793. The van der Waals surface area contributed by atoms with Gasteiger partial charge in [-0.15, -0.1) is 0 Å². The van der Waals surface area contributed by atoms with Crippen molar-refractivity contribution >= 4 is 28.2 Å². The summed E-state index contributed by atoms with van der Waals surface area (Å²) in [6.45, 7) is -1.58. The van der Waals surface area contributed by atoms with Gasteiger partial charge in [0.2, 0.25) is 0 Å². The van der Waals surface area contributed by atoms with Crippen molar-refractivity contribution in [2.75, 3.05) is 13.2 Å². The predicted molar refractivity (Wildman–Crippen MR) is 72.1 cm³/mol. The SMILES string of the molecule is O=CC(O)COP(=O)(O)O.O=C[C@H](O)[C@@H](O)[C@H](O)COP(=O)(O)O. The van der Waals surface area contributed by atoms with E-state index in [1.807, 2.05) is 0 Å². The number of carbonyl (C=O) groups excluding carboxylic acids is 2. The zero-order chi connectivity index (χ0) is 19.6. The molecule has 0 rings (SSSR count). The van der Waals surface area contributed by atoms with Gasteiger partial charge in [0.1, 0.15) is 24.4 Å². The van der Waals surface area contributed by atoms with Crippen molar-refractivity contribution in [2.45, 2.75) is 24.4 Å². The number of hydrogen-bond acceptors (Lipinski definition) is 10. The molecule has 0 aromatic heterocycles. The van der Waals surface area contributed by atoms with E-state index in [2.05, 4.69) is 9.05 Å². The molecule has 0 bridgehead atoms. The molecular formula is C8H18O14P2. The van der Waals surface area contributed by atoms with E-state index in [0.29, 0.717) is 0 Å². The molecule has 1 unspecified atom stereocenters. The Kier molecular flexibility index (Phi) is 12.7. The lowest BCUT2D eigenvalue weighted by atomic mass is 10.1. The summed E-state index contributed by atoms with van der Waals surface area (Å²) in [5, 5.41) is 34.9. The molecular weight excluding hydrogens is 382 g/mol. The summed E-state index contributed by atoms with van der Waals surface area (Å²) in [6, 6.07) is 0. The van der Waals surface area contributed by atoms with E-state index in [4.69, 9.17) is 40.0 Å². The maximum atomic E-state index is 10.1. The summed E-state index contributed by atoms with van der Waals surface area (Å²) < 4.78 is 27.6. The largest absolute Gasteiger partial charge is 0.469 e. The minimum atomic E-state index is -4.74. The monoisotopic (exact) mass is 400 g/mol. The Labute approximate surface area is 134 Å². The van der Waals surface area contributed by atoms with Crippen molar-refractivity contribution in [3.05, 3.63) is 0 Å².